The molecule has 2 rings (SSSR count). The number of amidine groups is 1. The molecule has 0 aromatic heterocycles. The van der Waals surface area contributed by atoms with Crippen molar-refractivity contribution in [3.05, 3.63) is 35.4 Å². The van der Waals surface area contributed by atoms with Crippen LogP contribution in [0, 0.1) is 0 Å². The molecule has 1 unspecified atom stereocenters. The van der Waals surface area contributed by atoms with Gasteiger partial charge in [-0.15, -0.1) is 0 Å². The lowest BCUT2D eigenvalue weighted by Gasteiger charge is -2.31. The zero-order valence-corrected chi connectivity index (χ0v) is 20.0. The van der Waals surface area contributed by atoms with Gasteiger partial charge >= 0.3 is 11.9 Å². The van der Waals surface area contributed by atoms with Crippen LogP contribution in [0.1, 0.15) is 68.3 Å². The van der Waals surface area contributed by atoms with E-state index in [-0.39, 0.29) is 24.1 Å². The summed E-state index contributed by atoms with van der Waals surface area (Å²) in [5.74, 6) is -2.26. The highest BCUT2D eigenvalue weighted by Crippen LogP contribution is 2.15. The highest BCUT2D eigenvalue weighted by Gasteiger charge is 2.24. The van der Waals surface area contributed by atoms with Gasteiger partial charge in [0.05, 0.1) is 6.10 Å². The van der Waals surface area contributed by atoms with Gasteiger partial charge in [-0.1, -0.05) is 43.5 Å². The summed E-state index contributed by atoms with van der Waals surface area (Å²) in [6.07, 6.45) is 6.62. The average Bonchev–Trinajstić information content (AvgIpc) is 2.85. The lowest BCUT2D eigenvalue weighted by atomic mass is 10.1. The standard InChI is InChI=1S/C24H36N4O6/c1-3-4-5-6-13-28-14-11-20(12-15-28)33-16-21(29)34-24(31)17(2)26-23(30)19-9-7-18(8-10-19)22(25)27-32/h7-10,17,20,32H,3-6,11-16H2,1-2H3,(H2,25,27)(H,26,30). The minimum Gasteiger partial charge on any atom is -0.409 e. The Bertz CT molecular complexity index is 834. The molecule has 10 nitrogen and oxygen atoms in total. The van der Waals surface area contributed by atoms with Gasteiger partial charge < -0.3 is 30.6 Å². The minimum absolute atomic E-state index is 0.0282. The number of benzene rings is 1. The van der Waals surface area contributed by atoms with Gasteiger partial charge in [-0.2, -0.15) is 0 Å². The van der Waals surface area contributed by atoms with Crippen LogP contribution < -0.4 is 11.1 Å². The predicted octanol–water partition coefficient (Wildman–Crippen LogP) is 2.03. The molecule has 1 aromatic carbocycles. The number of ether oxygens (including phenoxy) is 2. The van der Waals surface area contributed by atoms with Crippen molar-refractivity contribution in [3.8, 4) is 0 Å². The Balaban J connectivity index is 1.67. The van der Waals surface area contributed by atoms with Gasteiger partial charge in [-0.3, -0.25) is 4.79 Å². The normalized spacial score (nSPS) is 16.1. The van der Waals surface area contributed by atoms with E-state index in [4.69, 9.17) is 20.4 Å². The van der Waals surface area contributed by atoms with E-state index < -0.39 is 23.9 Å². The molecule has 34 heavy (non-hydrogen) atoms. The van der Waals surface area contributed by atoms with Crippen molar-refractivity contribution in [2.45, 2.75) is 64.5 Å². The Labute approximate surface area is 200 Å². The lowest BCUT2D eigenvalue weighted by molar-refractivity contribution is -0.165. The van der Waals surface area contributed by atoms with Crippen molar-refractivity contribution in [1.82, 2.24) is 10.2 Å². The van der Waals surface area contributed by atoms with Crippen LogP contribution in [0.4, 0.5) is 0 Å². The molecule has 1 heterocycles. The molecule has 1 fully saturated rings. The molecular formula is C24H36N4O6. The molecule has 1 atom stereocenters. The van der Waals surface area contributed by atoms with E-state index in [9.17, 15) is 14.4 Å². The van der Waals surface area contributed by atoms with Crippen molar-refractivity contribution in [1.29, 1.82) is 0 Å². The van der Waals surface area contributed by atoms with E-state index in [1.54, 1.807) is 0 Å². The highest BCUT2D eigenvalue weighted by atomic mass is 16.6. The number of hydrogen-bond acceptors (Lipinski definition) is 8. The van der Waals surface area contributed by atoms with Crippen LogP contribution in [-0.2, 0) is 19.1 Å². The third-order valence-electron chi connectivity index (χ3n) is 5.77. The first-order chi connectivity index (χ1) is 16.3. The number of carbonyl (C=O) groups is 3. The molecule has 1 aliphatic rings. The van der Waals surface area contributed by atoms with Crippen LogP contribution >= 0.6 is 0 Å². The topological polar surface area (TPSA) is 144 Å². The summed E-state index contributed by atoms with van der Waals surface area (Å²) in [7, 11) is 0. The Morgan fingerprint density at radius 1 is 1.15 bits per heavy atom. The first-order valence-corrected chi connectivity index (χ1v) is 11.8. The van der Waals surface area contributed by atoms with Crippen LogP contribution in [-0.4, -0.2) is 72.2 Å². The van der Waals surface area contributed by atoms with Gasteiger partial charge in [0.1, 0.15) is 12.6 Å². The average molecular weight is 477 g/mol. The number of hydrogen-bond donors (Lipinski definition) is 3. The SMILES string of the molecule is CCCCCCN1CCC(OCC(=O)OC(=O)C(C)NC(=O)c2ccc(/C(N)=N/O)cc2)CC1. The third-order valence-corrected chi connectivity index (χ3v) is 5.77. The van der Waals surface area contributed by atoms with E-state index in [0.717, 1.165) is 32.5 Å². The summed E-state index contributed by atoms with van der Waals surface area (Å²) in [6, 6.07) is 4.92. The fourth-order valence-electron chi connectivity index (χ4n) is 3.67. The van der Waals surface area contributed by atoms with Crippen molar-refractivity contribution in [2.24, 2.45) is 10.9 Å². The number of nitrogens with two attached hydrogens (primary N) is 1. The Hall–Kier alpha value is -2.98. The van der Waals surface area contributed by atoms with Crippen molar-refractivity contribution in [3.63, 3.8) is 0 Å². The number of piperidine rings is 1. The van der Waals surface area contributed by atoms with Crippen LogP contribution in [0.2, 0.25) is 0 Å². The Kier molecular flexibility index (Phi) is 11.5. The smallest absolute Gasteiger partial charge is 0.339 e. The van der Waals surface area contributed by atoms with Crippen molar-refractivity contribution in [2.75, 3.05) is 26.2 Å². The molecule has 0 aliphatic carbocycles. The van der Waals surface area contributed by atoms with E-state index in [1.807, 2.05) is 0 Å². The van der Waals surface area contributed by atoms with Gasteiger partial charge in [0.2, 0.25) is 0 Å². The van der Waals surface area contributed by atoms with Gasteiger partial charge in [-0.25, -0.2) is 9.59 Å². The monoisotopic (exact) mass is 476 g/mol. The van der Waals surface area contributed by atoms with E-state index in [2.05, 4.69) is 22.3 Å². The summed E-state index contributed by atoms with van der Waals surface area (Å²) in [6.45, 7) is 6.30. The van der Waals surface area contributed by atoms with Crippen LogP contribution in [0.25, 0.3) is 0 Å². The Morgan fingerprint density at radius 3 is 2.41 bits per heavy atom. The summed E-state index contributed by atoms with van der Waals surface area (Å²) in [5, 5.41) is 14.0. The van der Waals surface area contributed by atoms with Gasteiger partial charge in [0, 0.05) is 24.2 Å². The molecule has 1 aromatic rings. The quantitative estimate of drug-likeness (QED) is 0.0791. The first-order valence-electron chi connectivity index (χ1n) is 11.8. The number of unbranched alkanes of at least 4 members (excludes halogenated alkanes) is 3. The molecule has 1 saturated heterocycles. The maximum atomic E-state index is 12.3. The summed E-state index contributed by atoms with van der Waals surface area (Å²) in [5.41, 5.74) is 6.19. The predicted molar refractivity (Wildman–Crippen MR) is 127 cm³/mol. The van der Waals surface area contributed by atoms with Crippen LogP contribution in [0.3, 0.4) is 0 Å². The maximum absolute atomic E-state index is 12.3. The molecule has 0 saturated carbocycles. The van der Waals surface area contributed by atoms with Crippen LogP contribution in [0.15, 0.2) is 29.4 Å². The second-order valence-corrected chi connectivity index (χ2v) is 8.46. The zero-order chi connectivity index (χ0) is 24.9. The second kappa shape index (κ2) is 14.3. The number of nitrogens with zero attached hydrogens (tertiary/aromatic N) is 2. The van der Waals surface area contributed by atoms with Gasteiger partial charge in [-0.05, 0) is 44.9 Å². The largest absolute Gasteiger partial charge is 0.409 e. The van der Waals surface area contributed by atoms with Crippen molar-refractivity contribution >= 4 is 23.7 Å². The number of amides is 1. The number of carbonyl (C=O) groups excluding carboxylic acids is 3. The third kappa shape index (κ3) is 9.11. The fourth-order valence-corrected chi connectivity index (χ4v) is 3.67. The maximum Gasteiger partial charge on any atom is 0.339 e. The highest BCUT2D eigenvalue weighted by molar-refractivity contribution is 6.00. The fraction of sp³-hybridized carbons (Fsp3) is 0.583. The molecule has 0 bridgehead atoms. The lowest BCUT2D eigenvalue weighted by Crippen LogP contribution is -2.41. The van der Waals surface area contributed by atoms with Crippen LogP contribution in [0.5, 0.6) is 0 Å². The minimum atomic E-state index is -1.03. The summed E-state index contributed by atoms with van der Waals surface area (Å²) >= 11 is 0. The molecule has 1 amide bonds. The summed E-state index contributed by atoms with van der Waals surface area (Å²) in [4.78, 5) is 38.9. The second-order valence-electron chi connectivity index (χ2n) is 8.46. The number of rotatable bonds is 12. The number of esters is 2. The molecular weight excluding hydrogens is 440 g/mol. The molecule has 0 spiro atoms. The van der Waals surface area contributed by atoms with Crippen molar-refractivity contribution < 1.29 is 29.1 Å². The molecule has 1 aliphatic heterocycles. The van der Waals surface area contributed by atoms with E-state index in [0.29, 0.717) is 5.56 Å². The van der Waals surface area contributed by atoms with E-state index >= 15 is 0 Å². The summed E-state index contributed by atoms with van der Waals surface area (Å²) < 4.78 is 10.4. The van der Waals surface area contributed by atoms with E-state index in [1.165, 1.54) is 56.9 Å². The number of likely N-dealkylation sites (tertiary alicyclic amines) is 1. The van der Waals surface area contributed by atoms with Gasteiger partial charge in [0.25, 0.3) is 5.91 Å². The first kappa shape index (κ1) is 27.3. The molecule has 188 valence electrons. The molecule has 0 radical (unpaired) electrons. The zero-order valence-electron chi connectivity index (χ0n) is 20.0. The molecule has 10 heteroatoms. The molecule has 4 N–H and O–H groups in total. The number of oxime groups is 1. The van der Waals surface area contributed by atoms with Gasteiger partial charge in [0.15, 0.2) is 5.84 Å². The Morgan fingerprint density at radius 2 is 1.79 bits per heavy atom. The number of nitrogens with one attached hydrogen (secondary N) is 1.